The number of rotatable bonds is 9. The van der Waals surface area contributed by atoms with Crippen molar-refractivity contribution >= 4 is 11.9 Å². The molecule has 0 aliphatic rings. The lowest BCUT2D eigenvalue weighted by Gasteiger charge is -2.26. The summed E-state index contributed by atoms with van der Waals surface area (Å²) in [6.45, 7) is 9.54. The lowest BCUT2D eigenvalue weighted by Crippen LogP contribution is -2.47. The lowest BCUT2D eigenvalue weighted by atomic mass is 10.2. The Balaban J connectivity index is 4.37. The van der Waals surface area contributed by atoms with Gasteiger partial charge in [0.25, 0.3) is 0 Å². The number of carbonyl (C=O) groups excluding carboxylic acids is 2. The molecule has 0 aliphatic heterocycles. The van der Waals surface area contributed by atoms with Crippen LogP contribution in [-0.4, -0.2) is 49.1 Å². The Kier molecular flexibility index (Phi) is 9.28. The Bertz CT molecular complexity index is 257. The van der Waals surface area contributed by atoms with E-state index in [0.29, 0.717) is 19.7 Å². The Morgan fingerprint density at radius 1 is 1.22 bits per heavy atom. The van der Waals surface area contributed by atoms with Crippen LogP contribution in [-0.2, 0) is 14.3 Å². The van der Waals surface area contributed by atoms with Crippen molar-refractivity contribution in [2.75, 3.05) is 26.2 Å². The third-order valence-electron chi connectivity index (χ3n) is 2.62. The molecular formula is C13H26N2O3. The molecule has 0 bridgehead atoms. The summed E-state index contributed by atoms with van der Waals surface area (Å²) in [5.74, 6) is -0.310. The summed E-state index contributed by atoms with van der Waals surface area (Å²) in [5.41, 5.74) is 0. The molecule has 0 saturated heterocycles. The van der Waals surface area contributed by atoms with Gasteiger partial charge < -0.3 is 10.1 Å². The van der Waals surface area contributed by atoms with E-state index in [9.17, 15) is 9.59 Å². The van der Waals surface area contributed by atoms with Crippen LogP contribution in [0, 0.1) is 0 Å². The van der Waals surface area contributed by atoms with Crippen molar-refractivity contribution in [3.63, 3.8) is 0 Å². The fourth-order valence-electron chi connectivity index (χ4n) is 1.63. The van der Waals surface area contributed by atoms with Gasteiger partial charge in [-0.1, -0.05) is 13.8 Å². The monoisotopic (exact) mass is 258 g/mol. The number of nitrogens with one attached hydrogen (secondary N) is 1. The van der Waals surface area contributed by atoms with E-state index in [0.717, 1.165) is 12.8 Å². The van der Waals surface area contributed by atoms with Crippen LogP contribution in [0.25, 0.3) is 0 Å². The molecule has 5 heteroatoms. The van der Waals surface area contributed by atoms with Crippen LogP contribution in [0.3, 0.4) is 0 Å². The number of ether oxygens (including phenoxy) is 1. The Labute approximate surface area is 110 Å². The summed E-state index contributed by atoms with van der Waals surface area (Å²) < 4.78 is 4.92. The molecule has 0 fully saturated rings. The third kappa shape index (κ3) is 6.59. The molecular weight excluding hydrogens is 232 g/mol. The second kappa shape index (κ2) is 9.88. The van der Waals surface area contributed by atoms with Crippen molar-refractivity contribution in [1.82, 2.24) is 10.2 Å². The van der Waals surface area contributed by atoms with Crippen molar-refractivity contribution in [3.8, 4) is 0 Å². The topological polar surface area (TPSA) is 58.6 Å². The van der Waals surface area contributed by atoms with E-state index < -0.39 is 0 Å². The van der Waals surface area contributed by atoms with Crippen LogP contribution < -0.4 is 5.32 Å². The molecule has 5 nitrogen and oxygen atoms in total. The predicted molar refractivity (Wildman–Crippen MR) is 71.3 cm³/mol. The minimum absolute atomic E-state index is 0.0328. The quantitative estimate of drug-likeness (QED) is 0.631. The summed E-state index contributed by atoms with van der Waals surface area (Å²) in [6.07, 6.45) is 1.80. The Morgan fingerprint density at radius 3 is 2.39 bits per heavy atom. The summed E-state index contributed by atoms with van der Waals surface area (Å²) >= 11 is 0. The largest absolute Gasteiger partial charge is 0.465 e. The molecule has 0 spiro atoms. The zero-order chi connectivity index (χ0) is 14.0. The molecule has 0 heterocycles. The standard InChI is InChI=1S/C13H26N2O3/c1-5-8-14-13(17)11(4)15(9-6-2)10-12(16)18-7-3/h11H,5-10H2,1-4H3,(H,14,17). The first-order valence-corrected chi connectivity index (χ1v) is 6.74. The van der Waals surface area contributed by atoms with Crippen LogP contribution in [0.15, 0.2) is 0 Å². The highest BCUT2D eigenvalue weighted by molar-refractivity contribution is 5.82. The van der Waals surface area contributed by atoms with Gasteiger partial charge in [0.05, 0.1) is 19.2 Å². The van der Waals surface area contributed by atoms with Gasteiger partial charge in [0.2, 0.25) is 5.91 Å². The first-order valence-electron chi connectivity index (χ1n) is 6.74. The summed E-state index contributed by atoms with van der Waals surface area (Å²) in [6, 6.07) is -0.305. The van der Waals surface area contributed by atoms with Gasteiger partial charge in [-0.05, 0) is 33.2 Å². The SMILES string of the molecule is CCCNC(=O)C(C)N(CCC)CC(=O)OCC. The van der Waals surface area contributed by atoms with E-state index in [4.69, 9.17) is 4.74 Å². The van der Waals surface area contributed by atoms with Gasteiger partial charge in [-0.2, -0.15) is 0 Å². The summed E-state index contributed by atoms with van der Waals surface area (Å²) in [4.78, 5) is 25.2. The van der Waals surface area contributed by atoms with E-state index in [1.165, 1.54) is 0 Å². The van der Waals surface area contributed by atoms with Crippen molar-refractivity contribution in [1.29, 1.82) is 0 Å². The lowest BCUT2D eigenvalue weighted by molar-refractivity contribution is -0.145. The van der Waals surface area contributed by atoms with E-state index in [2.05, 4.69) is 5.32 Å². The van der Waals surface area contributed by atoms with Gasteiger partial charge >= 0.3 is 5.97 Å². The third-order valence-corrected chi connectivity index (χ3v) is 2.62. The summed E-state index contributed by atoms with van der Waals surface area (Å²) in [7, 11) is 0. The molecule has 0 aromatic rings. The molecule has 0 aromatic carbocycles. The highest BCUT2D eigenvalue weighted by Crippen LogP contribution is 2.02. The number of carbonyl (C=O) groups is 2. The molecule has 0 radical (unpaired) electrons. The molecule has 0 rings (SSSR count). The van der Waals surface area contributed by atoms with Crippen LogP contribution in [0.5, 0.6) is 0 Å². The van der Waals surface area contributed by atoms with E-state index in [1.807, 2.05) is 25.7 Å². The fraction of sp³-hybridized carbons (Fsp3) is 0.846. The Morgan fingerprint density at radius 2 is 1.89 bits per heavy atom. The van der Waals surface area contributed by atoms with Crippen molar-refractivity contribution < 1.29 is 14.3 Å². The number of amides is 1. The van der Waals surface area contributed by atoms with Gasteiger partial charge in [0, 0.05) is 6.54 Å². The number of esters is 1. The van der Waals surface area contributed by atoms with Gasteiger partial charge in [-0.15, -0.1) is 0 Å². The summed E-state index contributed by atoms with van der Waals surface area (Å²) in [5, 5.41) is 2.84. The molecule has 1 amide bonds. The molecule has 0 aliphatic carbocycles. The predicted octanol–water partition coefficient (Wildman–Crippen LogP) is 1.18. The van der Waals surface area contributed by atoms with E-state index in [1.54, 1.807) is 6.92 Å². The second-order valence-corrected chi connectivity index (χ2v) is 4.24. The smallest absolute Gasteiger partial charge is 0.320 e. The number of hydrogen-bond donors (Lipinski definition) is 1. The zero-order valence-corrected chi connectivity index (χ0v) is 12.0. The highest BCUT2D eigenvalue weighted by atomic mass is 16.5. The maximum Gasteiger partial charge on any atom is 0.320 e. The van der Waals surface area contributed by atoms with Crippen molar-refractivity contribution in [2.45, 2.75) is 46.6 Å². The minimum atomic E-state index is -0.305. The zero-order valence-electron chi connectivity index (χ0n) is 12.0. The molecule has 18 heavy (non-hydrogen) atoms. The van der Waals surface area contributed by atoms with Gasteiger partial charge in [0.15, 0.2) is 0 Å². The van der Waals surface area contributed by atoms with E-state index in [-0.39, 0.29) is 24.5 Å². The first-order chi connectivity index (χ1) is 8.56. The number of hydrogen-bond acceptors (Lipinski definition) is 4. The van der Waals surface area contributed by atoms with Crippen LogP contribution in [0.4, 0.5) is 0 Å². The number of nitrogens with zero attached hydrogens (tertiary/aromatic N) is 1. The first kappa shape index (κ1) is 16.9. The van der Waals surface area contributed by atoms with Crippen molar-refractivity contribution in [3.05, 3.63) is 0 Å². The van der Waals surface area contributed by atoms with E-state index >= 15 is 0 Å². The van der Waals surface area contributed by atoms with Gasteiger partial charge in [-0.25, -0.2) is 0 Å². The van der Waals surface area contributed by atoms with Gasteiger partial charge in [-0.3, -0.25) is 14.5 Å². The average Bonchev–Trinajstić information content (AvgIpc) is 2.34. The minimum Gasteiger partial charge on any atom is -0.465 e. The fourth-order valence-corrected chi connectivity index (χ4v) is 1.63. The molecule has 0 aromatic heterocycles. The van der Waals surface area contributed by atoms with Crippen molar-refractivity contribution in [2.24, 2.45) is 0 Å². The van der Waals surface area contributed by atoms with Crippen LogP contribution >= 0.6 is 0 Å². The highest BCUT2D eigenvalue weighted by Gasteiger charge is 2.22. The Hall–Kier alpha value is -1.10. The van der Waals surface area contributed by atoms with Crippen LogP contribution in [0.1, 0.15) is 40.5 Å². The normalized spacial score (nSPS) is 12.3. The molecule has 106 valence electrons. The molecule has 1 unspecified atom stereocenters. The maximum atomic E-state index is 11.9. The molecule has 0 saturated carbocycles. The van der Waals surface area contributed by atoms with Gasteiger partial charge in [0.1, 0.15) is 0 Å². The molecule has 1 N–H and O–H groups in total. The maximum absolute atomic E-state index is 11.9. The second-order valence-electron chi connectivity index (χ2n) is 4.24. The van der Waals surface area contributed by atoms with Crippen LogP contribution in [0.2, 0.25) is 0 Å². The molecule has 1 atom stereocenters. The average molecular weight is 258 g/mol.